The number of hydrogen-bond acceptors (Lipinski definition) is 3. The van der Waals surface area contributed by atoms with Crippen LogP contribution < -0.4 is 10.1 Å². The highest BCUT2D eigenvalue weighted by Gasteiger charge is 2.28. The van der Waals surface area contributed by atoms with Crippen molar-refractivity contribution in [2.24, 2.45) is 4.99 Å². The molecule has 0 bridgehead atoms. The van der Waals surface area contributed by atoms with Crippen molar-refractivity contribution in [2.75, 3.05) is 32.8 Å². The normalized spacial score (nSPS) is 15.9. The molecular formula is C19H29F3IN3O2. The van der Waals surface area contributed by atoms with E-state index in [4.69, 9.17) is 9.47 Å². The lowest BCUT2D eigenvalue weighted by Crippen LogP contribution is -2.47. The van der Waals surface area contributed by atoms with Crippen molar-refractivity contribution >= 4 is 29.9 Å². The molecule has 9 heteroatoms. The van der Waals surface area contributed by atoms with E-state index in [2.05, 4.69) is 15.2 Å². The molecule has 2 rings (SSSR count). The van der Waals surface area contributed by atoms with Gasteiger partial charge in [-0.05, 0) is 44.4 Å². The summed E-state index contributed by atoms with van der Waals surface area (Å²) >= 11 is 0. The van der Waals surface area contributed by atoms with Gasteiger partial charge in [0.15, 0.2) is 12.6 Å². The third kappa shape index (κ3) is 8.85. The molecule has 1 aromatic rings. The van der Waals surface area contributed by atoms with Gasteiger partial charge in [0.25, 0.3) is 0 Å². The van der Waals surface area contributed by atoms with E-state index in [0.29, 0.717) is 12.6 Å². The number of ether oxygens (including phenoxy) is 2. The fourth-order valence-corrected chi connectivity index (χ4v) is 2.96. The maximum Gasteiger partial charge on any atom is 0.422 e. The van der Waals surface area contributed by atoms with Crippen molar-refractivity contribution in [3.8, 4) is 5.75 Å². The Morgan fingerprint density at radius 3 is 2.57 bits per heavy atom. The summed E-state index contributed by atoms with van der Waals surface area (Å²) in [7, 11) is 0. The monoisotopic (exact) mass is 515 g/mol. The largest absolute Gasteiger partial charge is 0.484 e. The second-order valence-electron chi connectivity index (χ2n) is 6.36. The van der Waals surface area contributed by atoms with E-state index in [1.165, 1.54) is 6.07 Å². The van der Waals surface area contributed by atoms with Crippen LogP contribution in [0.1, 0.15) is 32.3 Å². The predicted octanol–water partition coefficient (Wildman–Crippen LogP) is 4.21. The molecule has 0 spiro atoms. The van der Waals surface area contributed by atoms with Gasteiger partial charge in [0.05, 0.1) is 12.6 Å². The summed E-state index contributed by atoms with van der Waals surface area (Å²) in [6.07, 6.45) is -2.13. The second kappa shape index (κ2) is 12.4. The third-order valence-electron chi connectivity index (χ3n) is 4.19. The first kappa shape index (κ1) is 24.8. The van der Waals surface area contributed by atoms with Crippen molar-refractivity contribution in [2.45, 2.75) is 45.5 Å². The molecule has 0 aliphatic carbocycles. The van der Waals surface area contributed by atoms with Gasteiger partial charge >= 0.3 is 6.18 Å². The number of guanidine groups is 1. The highest BCUT2D eigenvalue weighted by molar-refractivity contribution is 14.0. The van der Waals surface area contributed by atoms with Crippen LogP contribution in [-0.2, 0) is 11.3 Å². The zero-order valence-electron chi connectivity index (χ0n) is 16.3. The Kier molecular flexibility index (Phi) is 10.9. The maximum atomic E-state index is 12.3. The van der Waals surface area contributed by atoms with Gasteiger partial charge in [-0.25, -0.2) is 4.99 Å². The Bertz CT molecular complexity index is 606. The van der Waals surface area contributed by atoms with Crippen molar-refractivity contribution in [1.29, 1.82) is 0 Å². The summed E-state index contributed by atoms with van der Waals surface area (Å²) in [6, 6.07) is 6.62. The maximum absolute atomic E-state index is 12.3. The summed E-state index contributed by atoms with van der Waals surface area (Å²) in [5.41, 5.74) is 0.800. The zero-order valence-corrected chi connectivity index (χ0v) is 18.6. The van der Waals surface area contributed by atoms with Crippen LogP contribution in [0.2, 0.25) is 0 Å². The van der Waals surface area contributed by atoms with Crippen molar-refractivity contribution in [3.63, 3.8) is 0 Å². The topological polar surface area (TPSA) is 46.1 Å². The number of halogens is 4. The minimum absolute atomic E-state index is 0. The van der Waals surface area contributed by atoms with Gasteiger partial charge in [-0.3, -0.25) is 0 Å². The number of nitrogens with zero attached hydrogens (tertiary/aromatic N) is 2. The first-order chi connectivity index (χ1) is 12.9. The van der Waals surface area contributed by atoms with Crippen molar-refractivity contribution < 1.29 is 22.6 Å². The Morgan fingerprint density at radius 1 is 1.25 bits per heavy atom. The van der Waals surface area contributed by atoms with Gasteiger partial charge in [-0.2, -0.15) is 13.2 Å². The Hall–Kier alpha value is -1.23. The molecule has 0 atom stereocenters. The molecule has 0 aromatic heterocycles. The number of benzene rings is 1. The molecule has 1 heterocycles. The van der Waals surface area contributed by atoms with E-state index < -0.39 is 12.8 Å². The van der Waals surface area contributed by atoms with Gasteiger partial charge in [0.1, 0.15) is 5.75 Å². The molecule has 5 nitrogen and oxygen atoms in total. The van der Waals surface area contributed by atoms with Gasteiger partial charge in [-0.1, -0.05) is 12.1 Å². The first-order valence-corrected chi connectivity index (χ1v) is 9.34. The Balaban J connectivity index is 0.00000392. The number of alkyl halides is 3. The molecule has 160 valence electrons. The van der Waals surface area contributed by atoms with Crippen molar-refractivity contribution in [3.05, 3.63) is 29.8 Å². The lowest BCUT2D eigenvalue weighted by Gasteiger charge is -2.34. The number of likely N-dealkylation sites (tertiary alicyclic amines) is 1. The lowest BCUT2D eigenvalue weighted by molar-refractivity contribution is -0.153. The smallest absolute Gasteiger partial charge is 0.422 e. The van der Waals surface area contributed by atoms with Crippen LogP contribution in [0, 0.1) is 0 Å². The van der Waals surface area contributed by atoms with Crippen LogP contribution >= 0.6 is 24.0 Å². The SMILES string of the molecule is CCNC(=NCc1cccc(OCC(F)(F)F)c1)N1CCC(OCC)CC1.I. The van der Waals surface area contributed by atoms with Crippen LogP contribution in [0.15, 0.2) is 29.3 Å². The third-order valence-corrected chi connectivity index (χ3v) is 4.19. The van der Waals surface area contributed by atoms with Gasteiger partial charge in [0.2, 0.25) is 0 Å². The number of hydrogen-bond donors (Lipinski definition) is 1. The minimum atomic E-state index is -4.35. The summed E-state index contributed by atoms with van der Waals surface area (Å²) in [4.78, 5) is 6.84. The van der Waals surface area contributed by atoms with Crippen LogP contribution in [0.25, 0.3) is 0 Å². The van der Waals surface area contributed by atoms with Crippen LogP contribution in [0.4, 0.5) is 13.2 Å². The van der Waals surface area contributed by atoms with E-state index in [-0.39, 0.29) is 29.7 Å². The van der Waals surface area contributed by atoms with Gasteiger partial charge < -0.3 is 19.7 Å². The summed E-state index contributed by atoms with van der Waals surface area (Å²) < 4.78 is 47.4. The average molecular weight is 515 g/mol. The van der Waals surface area contributed by atoms with Crippen LogP contribution in [0.3, 0.4) is 0 Å². The fraction of sp³-hybridized carbons (Fsp3) is 0.632. The van der Waals surface area contributed by atoms with Crippen molar-refractivity contribution in [1.82, 2.24) is 10.2 Å². The highest BCUT2D eigenvalue weighted by atomic mass is 127. The molecule has 28 heavy (non-hydrogen) atoms. The quantitative estimate of drug-likeness (QED) is 0.336. The minimum Gasteiger partial charge on any atom is -0.484 e. The summed E-state index contributed by atoms with van der Waals surface area (Å²) in [5, 5.41) is 3.28. The molecule has 1 aliphatic rings. The molecule has 1 aliphatic heterocycles. The molecule has 0 radical (unpaired) electrons. The molecule has 0 unspecified atom stereocenters. The second-order valence-corrected chi connectivity index (χ2v) is 6.36. The Morgan fingerprint density at radius 2 is 1.96 bits per heavy atom. The first-order valence-electron chi connectivity index (χ1n) is 9.34. The average Bonchev–Trinajstić information content (AvgIpc) is 2.64. The van der Waals surface area contributed by atoms with E-state index in [0.717, 1.165) is 50.6 Å². The Labute approximate surface area is 181 Å². The van der Waals surface area contributed by atoms with Crippen LogP contribution in [0.5, 0.6) is 5.75 Å². The lowest BCUT2D eigenvalue weighted by atomic mass is 10.1. The summed E-state index contributed by atoms with van der Waals surface area (Å²) in [6.45, 7) is 6.30. The highest BCUT2D eigenvalue weighted by Crippen LogP contribution is 2.20. The molecular weight excluding hydrogens is 486 g/mol. The fourth-order valence-electron chi connectivity index (χ4n) is 2.96. The predicted molar refractivity (Wildman–Crippen MR) is 114 cm³/mol. The van der Waals surface area contributed by atoms with E-state index in [1.54, 1.807) is 12.1 Å². The molecule has 1 saturated heterocycles. The van der Waals surface area contributed by atoms with E-state index in [9.17, 15) is 13.2 Å². The number of piperidine rings is 1. The van der Waals surface area contributed by atoms with E-state index in [1.807, 2.05) is 19.9 Å². The number of aliphatic imine (C=N–C) groups is 1. The zero-order chi connectivity index (χ0) is 19.7. The summed E-state index contributed by atoms with van der Waals surface area (Å²) in [5.74, 6) is 1.01. The van der Waals surface area contributed by atoms with Crippen LogP contribution in [-0.4, -0.2) is 56.0 Å². The number of rotatable bonds is 7. The molecule has 1 fully saturated rings. The molecule has 1 N–H and O–H groups in total. The van der Waals surface area contributed by atoms with E-state index >= 15 is 0 Å². The van der Waals surface area contributed by atoms with Gasteiger partial charge in [0, 0.05) is 26.2 Å². The molecule has 0 saturated carbocycles. The molecule has 0 amide bonds. The number of nitrogens with one attached hydrogen (secondary N) is 1. The van der Waals surface area contributed by atoms with Gasteiger partial charge in [-0.15, -0.1) is 24.0 Å². The molecule has 1 aromatic carbocycles. The standard InChI is InChI=1S/C19H28F3N3O2.HI/c1-3-23-18(25-10-8-16(9-11-25)26-4-2)24-13-15-6-5-7-17(12-15)27-14-19(20,21)22;/h5-7,12,16H,3-4,8-11,13-14H2,1-2H3,(H,23,24);1H.